The van der Waals surface area contributed by atoms with Crippen LogP contribution in [0, 0.1) is 0 Å². The van der Waals surface area contributed by atoms with E-state index in [4.69, 9.17) is 11.6 Å². The summed E-state index contributed by atoms with van der Waals surface area (Å²) in [7, 11) is 0. The van der Waals surface area contributed by atoms with Crippen LogP contribution in [0.4, 0.5) is 5.95 Å². The number of aromatic nitrogens is 4. The fourth-order valence-corrected chi connectivity index (χ4v) is 2.28. The molecule has 0 spiro atoms. The first-order valence-corrected chi connectivity index (χ1v) is 6.79. The lowest BCUT2D eigenvalue weighted by Gasteiger charge is -2.25. The third-order valence-corrected chi connectivity index (χ3v) is 3.46. The summed E-state index contributed by atoms with van der Waals surface area (Å²) in [5.74, 6) is 1.15. The van der Waals surface area contributed by atoms with Gasteiger partial charge < -0.3 is 4.90 Å². The summed E-state index contributed by atoms with van der Waals surface area (Å²) < 4.78 is 0. The molecule has 0 aliphatic carbocycles. The van der Waals surface area contributed by atoms with Crippen molar-refractivity contribution in [1.29, 1.82) is 0 Å². The molecule has 0 radical (unpaired) electrons. The molecule has 1 aromatic heterocycles. The second-order valence-corrected chi connectivity index (χ2v) is 5.01. The van der Waals surface area contributed by atoms with Gasteiger partial charge in [0.15, 0.2) is 0 Å². The van der Waals surface area contributed by atoms with Gasteiger partial charge in [-0.15, -0.1) is 20.4 Å². The van der Waals surface area contributed by atoms with Gasteiger partial charge in [-0.25, -0.2) is 0 Å². The lowest BCUT2D eigenvalue weighted by Crippen LogP contribution is -2.31. The van der Waals surface area contributed by atoms with Crippen LogP contribution in [0.5, 0.6) is 0 Å². The molecule has 0 atom stereocenters. The van der Waals surface area contributed by atoms with E-state index in [0.717, 1.165) is 18.7 Å². The van der Waals surface area contributed by atoms with Gasteiger partial charge in [0.2, 0.25) is 5.82 Å². The lowest BCUT2D eigenvalue weighted by atomic mass is 10.1. The molecule has 3 rings (SSSR count). The number of halogens is 1. The number of anilines is 1. The maximum Gasteiger partial charge on any atom is 0.264 e. The molecule has 1 aromatic carbocycles. The van der Waals surface area contributed by atoms with E-state index in [1.54, 1.807) is 12.1 Å². The van der Waals surface area contributed by atoms with E-state index in [1.807, 2.05) is 12.1 Å². The first-order valence-electron chi connectivity index (χ1n) is 6.41. The minimum atomic E-state index is 0.525. The summed E-state index contributed by atoms with van der Waals surface area (Å²) >= 11 is 5.85. The van der Waals surface area contributed by atoms with Crippen molar-refractivity contribution in [3.63, 3.8) is 0 Å². The van der Waals surface area contributed by atoms with Crippen LogP contribution in [0.2, 0.25) is 5.02 Å². The zero-order valence-corrected chi connectivity index (χ0v) is 11.2. The Hall–Kier alpha value is -1.75. The van der Waals surface area contributed by atoms with E-state index >= 15 is 0 Å². The van der Waals surface area contributed by atoms with Crippen LogP contribution in [-0.2, 0) is 0 Å². The Bertz CT molecular complexity index is 534. The van der Waals surface area contributed by atoms with Gasteiger partial charge in [-0.3, -0.25) is 0 Å². The maximum absolute atomic E-state index is 5.85. The molecule has 1 aliphatic rings. The molecule has 1 saturated heterocycles. The van der Waals surface area contributed by atoms with Crippen LogP contribution >= 0.6 is 11.6 Å². The Morgan fingerprint density at radius 1 is 0.842 bits per heavy atom. The second-order valence-electron chi connectivity index (χ2n) is 4.58. The fraction of sp³-hybridized carbons (Fsp3) is 0.385. The van der Waals surface area contributed by atoms with E-state index < -0.39 is 0 Å². The highest BCUT2D eigenvalue weighted by Crippen LogP contribution is 2.18. The Morgan fingerprint density at radius 3 is 2.11 bits per heavy atom. The van der Waals surface area contributed by atoms with Gasteiger partial charge >= 0.3 is 0 Å². The SMILES string of the molecule is Clc1ccc(-c2nnc(N3CCCCC3)nn2)cc1. The number of rotatable bonds is 2. The van der Waals surface area contributed by atoms with Crippen LogP contribution in [0.25, 0.3) is 11.4 Å². The normalized spacial score (nSPS) is 15.5. The summed E-state index contributed by atoms with van der Waals surface area (Å²) in [6.45, 7) is 1.98. The van der Waals surface area contributed by atoms with Crippen molar-refractivity contribution in [2.45, 2.75) is 19.3 Å². The van der Waals surface area contributed by atoms with Crippen molar-refractivity contribution in [2.75, 3.05) is 18.0 Å². The number of nitrogens with zero attached hydrogens (tertiary/aromatic N) is 5. The molecule has 0 unspecified atom stereocenters. The third-order valence-electron chi connectivity index (χ3n) is 3.21. The average Bonchev–Trinajstić information content (AvgIpc) is 2.49. The predicted molar refractivity (Wildman–Crippen MR) is 74.1 cm³/mol. The van der Waals surface area contributed by atoms with Crippen LogP contribution in [0.1, 0.15) is 19.3 Å². The number of hydrogen-bond donors (Lipinski definition) is 0. The summed E-state index contributed by atoms with van der Waals surface area (Å²) in [6.07, 6.45) is 3.64. The Balaban J connectivity index is 1.80. The largest absolute Gasteiger partial charge is 0.338 e. The highest BCUT2D eigenvalue weighted by atomic mass is 35.5. The Labute approximate surface area is 116 Å². The van der Waals surface area contributed by atoms with E-state index in [9.17, 15) is 0 Å². The zero-order chi connectivity index (χ0) is 13.1. The average molecular weight is 276 g/mol. The van der Waals surface area contributed by atoms with Crippen molar-refractivity contribution in [1.82, 2.24) is 20.4 Å². The minimum absolute atomic E-state index is 0.525. The topological polar surface area (TPSA) is 54.8 Å². The van der Waals surface area contributed by atoms with Crippen molar-refractivity contribution in [3.8, 4) is 11.4 Å². The lowest BCUT2D eigenvalue weighted by molar-refractivity contribution is 0.561. The molecular formula is C13H14ClN5. The zero-order valence-electron chi connectivity index (χ0n) is 10.5. The van der Waals surface area contributed by atoms with Crippen molar-refractivity contribution >= 4 is 17.5 Å². The molecule has 0 amide bonds. The van der Waals surface area contributed by atoms with E-state index in [1.165, 1.54) is 19.3 Å². The Morgan fingerprint density at radius 2 is 1.47 bits per heavy atom. The van der Waals surface area contributed by atoms with E-state index in [-0.39, 0.29) is 0 Å². The first-order chi connectivity index (χ1) is 9.33. The number of hydrogen-bond acceptors (Lipinski definition) is 5. The summed E-state index contributed by atoms with van der Waals surface area (Å²) in [5, 5.41) is 17.3. The molecule has 6 heteroatoms. The summed E-state index contributed by atoms with van der Waals surface area (Å²) in [4.78, 5) is 2.13. The van der Waals surface area contributed by atoms with Crippen LogP contribution in [0.3, 0.4) is 0 Å². The van der Waals surface area contributed by atoms with Gasteiger partial charge in [0, 0.05) is 23.7 Å². The molecule has 1 aliphatic heterocycles. The maximum atomic E-state index is 5.85. The minimum Gasteiger partial charge on any atom is -0.338 e. The molecule has 98 valence electrons. The smallest absolute Gasteiger partial charge is 0.264 e. The van der Waals surface area contributed by atoms with Gasteiger partial charge in [-0.05, 0) is 43.5 Å². The molecule has 2 aromatic rings. The van der Waals surface area contributed by atoms with Crippen molar-refractivity contribution in [2.24, 2.45) is 0 Å². The highest BCUT2D eigenvalue weighted by molar-refractivity contribution is 6.30. The number of piperidine rings is 1. The molecule has 2 heterocycles. The molecule has 0 bridgehead atoms. The fourth-order valence-electron chi connectivity index (χ4n) is 2.16. The van der Waals surface area contributed by atoms with Crippen LogP contribution in [0.15, 0.2) is 24.3 Å². The van der Waals surface area contributed by atoms with Crippen LogP contribution < -0.4 is 4.90 Å². The van der Waals surface area contributed by atoms with E-state index in [0.29, 0.717) is 16.8 Å². The molecule has 19 heavy (non-hydrogen) atoms. The quantitative estimate of drug-likeness (QED) is 0.843. The van der Waals surface area contributed by atoms with Gasteiger partial charge in [0.1, 0.15) is 0 Å². The third kappa shape index (κ3) is 2.81. The van der Waals surface area contributed by atoms with Crippen molar-refractivity contribution < 1.29 is 0 Å². The van der Waals surface area contributed by atoms with Crippen molar-refractivity contribution in [3.05, 3.63) is 29.3 Å². The Kier molecular flexibility index (Phi) is 3.55. The standard InChI is InChI=1S/C13H14ClN5/c14-11-6-4-10(5-7-11)12-15-17-13(18-16-12)19-8-2-1-3-9-19/h4-7H,1-3,8-9H2. The monoisotopic (exact) mass is 275 g/mol. The molecule has 0 N–H and O–H groups in total. The molecule has 5 nitrogen and oxygen atoms in total. The number of benzene rings is 1. The summed E-state index contributed by atoms with van der Waals surface area (Å²) in [6, 6.07) is 7.33. The van der Waals surface area contributed by atoms with Crippen LogP contribution in [-0.4, -0.2) is 33.5 Å². The van der Waals surface area contributed by atoms with Gasteiger partial charge in [0.25, 0.3) is 5.95 Å². The molecular weight excluding hydrogens is 262 g/mol. The highest BCUT2D eigenvalue weighted by Gasteiger charge is 2.14. The molecule has 1 fully saturated rings. The predicted octanol–water partition coefficient (Wildman–Crippen LogP) is 2.58. The van der Waals surface area contributed by atoms with Gasteiger partial charge in [0.05, 0.1) is 0 Å². The first kappa shape index (κ1) is 12.3. The van der Waals surface area contributed by atoms with Gasteiger partial charge in [-0.2, -0.15) is 0 Å². The summed E-state index contributed by atoms with van der Waals surface area (Å²) in [5.41, 5.74) is 0.870. The van der Waals surface area contributed by atoms with Gasteiger partial charge in [-0.1, -0.05) is 11.6 Å². The van der Waals surface area contributed by atoms with E-state index in [2.05, 4.69) is 25.3 Å². The molecule has 0 saturated carbocycles. The second kappa shape index (κ2) is 5.48.